The highest BCUT2D eigenvalue weighted by Gasteiger charge is 2.30. The third kappa shape index (κ3) is 3.31. The Hall–Kier alpha value is -3.15. The molecular weight excluding hydrogens is 328 g/mol. The number of aryl methyl sites for hydroxylation is 1. The minimum atomic E-state index is -0.320. The zero-order valence-electron chi connectivity index (χ0n) is 14.6. The molecule has 26 heavy (non-hydrogen) atoms. The zero-order chi connectivity index (χ0) is 17.9. The van der Waals surface area contributed by atoms with E-state index in [9.17, 15) is 4.79 Å². The number of carbonyl (C=O) groups excluding carboxylic acids is 1. The molecule has 3 aromatic rings. The summed E-state index contributed by atoms with van der Waals surface area (Å²) in [5, 5.41) is 4.28. The second-order valence-electron chi connectivity index (χ2n) is 6.45. The number of amides is 1. The van der Waals surface area contributed by atoms with E-state index in [1.165, 1.54) is 5.56 Å². The van der Waals surface area contributed by atoms with Gasteiger partial charge in [-0.2, -0.15) is 5.10 Å². The lowest BCUT2D eigenvalue weighted by molar-refractivity contribution is 0.0888. The van der Waals surface area contributed by atoms with Gasteiger partial charge < -0.3 is 9.64 Å². The van der Waals surface area contributed by atoms with Crippen LogP contribution >= 0.6 is 0 Å². The first-order valence-corrected chi connectivity index (χ1v) is 8.58. The molecule has 132 valence electrons. The van der Waals surface area contributed by atoms with Crippen LogP contribution in [0.25, 0.3) is 0 Å². The topological polar surface area (TPSA) is 60.2 Å². The largest absolute Gasteiger partial charge is 0.443 e. The van der Waals surface area contributed by atoms with Gasteiger partial charge in [-0.1, -0.05) is 30.3 Å². The van der Waals surface area contributed by atoms with Crippen LogP contribution in [-0.2, 0) is 24.9 Å². The minimum Gasteiger partial charge on any atom is -0.443 e. The monoisotopic (exact) mass is 348 g/mol. The first-order valence-electron chi connectivity index (χ1n) is 8.58. The Morgan fingerprint density at radius 2 is 2.08 bits per heavy atom. The summed E-state index contributed by atoms with van der Waals surface area (Å²) in [5.74, 6) is 0.0936. The highest BCUT2D eigenvalue weighted by atomic mass is 16.6. The fourth-order valence-electron chi connectivity index (χ4n) is 3.36. The normalized spacial score (nSPS) is 16.2. The summed E-state index contributed by atoms with van der Waals surface area (Å²) in [4.78, 5) is 18.6. The molecule has 3 heterocycles. The molecule has 0 N–H and O–H groups in total. The van der Waals surface area contributed by atoms with Gasteiger partial charge in [-0.15, -0.1) is 0 Å². The van der Waals surface area contributed by atoms with Gasteiger partial charge in [-0.3, -0.25) is 9.67 Å². The van der Waals surface area contributed by atoms with Crippen molar-refractivity contribution in [3.63, 3.8) is 0 Å². The van der Waals surface area contributed by atoms with Crippen molar-refractivity contribution in [2.24, 2.45) is 7.05 Å². The fraction of sp³-hybridized carbons (Fsp3) is 0.250. The lowest BCUT2D eigenvalue weighted by Gasteiger charge is -2.33. The molecule has 1 aliphatic rings. The first-order chi connectivity index (χ1) is 12.7. The number of nitrogens with zero attached hydrogens (tertiary/aromatic N) is 4. The van der Waals surface area contributed by atoms with Crippen molar-refractivity contribution in [1.82, 2.24) is 19.7 Å². The number of carbonyl (C=O) groups is 1. The van der Waals surface area contributed by atoms with Crippen LogP contribution in [0.3, 0.4) is 0 Å². The molecule has 0 spiro atoms. The fourth-order valence-corrected chi connectivity index (χ4v) is 3.36. The SMILES string of the molecule is Cn1cc(C2CN(C(=O)OCc3ccccn3)Cc3ccccc32)cn1. The van der Waals surface area contributed by atoms with E-state index in [1.54, 1.807) is 15.8 Å². The van der Waals surface area contributed by atoms with Crippen molar-refractivity contribution in [2.45, 2.75) is 19.1 Å². The molecule has 0 saturated carbocycles. The molecular formula is C20H20N4O2. The van der Waals surface area contributed by atoms with Gasteiger partial charge in [0.2, 0.25) is 0 Å². The van der Waals surface area contributed by atoms with Gasteiger partial charge in [0.25, 0.3) is 0 Å². The average molecular weight is 348 g/mol. The Kier molecular flexibility index (Phi) is 4.39. The van der Waals surface area contributed by atoms with Crippen molar-refractivity contribution in [2.75, 3.05) is 6.54 Å². The predicted octanol–water partition coefficient (Wildman–Crippen LogP) is 3.10. The first kappa shape index (κ1) is 16.3. The Morgan fingerprint density at radius 1 is 1.23 bits per heavy atom. The highest BCUT2D eigenvalue weighted by Crippen LogP contribution is 2.33. The number of rotatable bonds is 3. The van der Waals surface area contributed by atoms with Crippen LogP contribution in [-0.4, -0.2) is 32.3 Å². The molecule has 1 atom stereocenters. The Bertz CT molecular complexity index is 907. The van der Waals surface area contributed by atoms with E-state index >= 15 is 0 Å². The second kappa shape index (κ2) is 7.00. The molecule has 0 fully saturated rings. The number of benzene rings is 1. The van der Waals surface area contributed by atoms with E-state index in [2.05, 4.69) is 22.2 Å². The summed E-state index contributed by atoms with van der Waals surface area (Å²) < 4.78 is 7.26. The zero-order valence-corrected chi connectivity index (χ0v) is 14.6. The van der Waals surface area contributed by atoms with Crippen molar-refractivity contribution in [3.05, 3.63) is 83.4 Å². The summed E-state index contributed by atoms with van der Waals surface area (Å²) in [6, 6.07) is 13.8. The molecule has 0 bridgehead atoms. The minimum absolute atomic E-state index is 0.0936. The maximum Gasteiger partial charge on any atom is 0.410 e. The number of hydrogen-bond acceptors (Lipinski definition) is 4. The van der Waals surface area contributed by atoms with Gasteiger partial charge in [0, 0.05) is 38.4 Å². The molecule has 1 aromatic carbocycles. The summed E-state index contributed by atoms with van der Waals surface area (Å²) in [6.45, 7) is 1.30. The molecule has 0 radical (unpaired) electrons. The molecule has 6 heteroatoms. The second-order valence-corrected chi connectivity index (χ2v) is 6.45. The van der Waals surface area contributed by atoms with E-state index in [4.69, 9.17) is 4.74 Å². The Labute approximate surface area is 152 Å². The van der Waals surface area contributed by atoms with E-state index < -0.39 is 0 Å². The maximum atomic E-state index is 12.6. The van der Waals surface area contributed by atoms with E-state index in [-0.39, 0.29) is 18.6 Å². The lowest BCUT2D eigenvalue weighted by atomic mass is 9.86. The van der Waals surface area contributed by atoms with Crippen LogP contribution < -0.4 is 0 Å². The lowest BCUT2D eigenvalue weighted by Crippen LogP contribution is -2.38. The molecule has 6 nitrogen and oxygen atoms in total. The molecule has 0 saturated heterocycles. The van der Waals surface area contributed by atoms with Crippen LogP contribution in [0, 0.1) is 0 Å². The van der Waals surface area contributed by atoms with Crippen LogP contribution in [0.5, 0.6) is 0 Å². The summed E-state index contributed by atoms with van der Waals surface area (Å²) in [5.41, 5.74) is 4.22. The standard InChI is InChI=1S/C20H20N4O2/c1-23-11-16(10-22-23)19-13-24(12-15-6-2-3-8-18(15)19)20(25)26-14-17-7-4-5-9-21-17/h2-11,19H,12-14H2,1H3. The Balaban J connectivity index is 1.54. The van der Waals surface area contributed by atoms with E-state index in [0.29, 0.717) is 13.1 Å². The smallest absolute Gasteiger partial charge is 0.410 e. The average Bonchev–Trinajstić information content (AvgIpc) is 3.12. The van der Waals surface area contributed by atoms with Crippen LogP contribution in [0.15, 0.2) is 61.1 Å². The van der Waals surface area contributed by atoms with Crippen LogP contribution in [0.1, 0.15) is 28.3 Å². The molecule has 1 amide bonds. The third-order valence-corrected chi connectivity index (χ3v) is 4.65. The summed E-state index contributed by atoms with van der Waals surface area (Å²) in [6.07, 6.45) is 5.24. The van der Waals surface area contributed by atoms with E-state index in [1.807, 2.05) is 49.8 Å². The third-order valence-electron chi connectivity index (χ3n) is 4.65. The molecule has 4 rings (SSSR count). The van der Waals surface area contributed by atoms with Gasteiger partial charge in [0.05, 0.1) is 11.9 Å². The molecule has 0 aliphatic carbocycles. The number of ether oxygens (including phenoxy) is 1. The van der Waals surface area contributed by atoms with Crippen LogP contribution in [0.4, 0.5) is 4.79 Å². The summed E-state index contributed by atoms with van der Waals surface area (Å²) in [7, 11) is 1.90. The molecule has 2 aromatic heterocycles. The van der Waals surface area contributed by atoms with Gasteiger partial charge in [-0.25, -0.2) is 4.79 Å². The van der Waals surface area contributed by atoms with Crippen molar-refractivity contribution >= 4 is 6.09 Å². The van der Waals surface area contributed by atoms with Crippen molar-refractivity contribution in [3.8, 4) is 0 Å². The van der Waals surface area contributed by atoms with E-state index in [0.717, 1.165) is 16.8 Å². The number of pyridine rings is 1. The number of fused-ring (bicyclic) bond motifs is 1. The maximum absolute atomic E-state index is 12.6. The summed E-state index contributed by atoms with van der Waals surface area (Å²) >= 11 is 0. The van der Waals surface area contributed by atoms with Gasteiger partial charge in [0.1, 0.15) is 6.61 Å². The van der Waals surface area contributed by atoms with Gasteiger partial charge in [-0.05, 0) is 28.8 Å². The van der Waals surface area contributed by atoms with Gasteiger partial charge in [0.15, 0.2) is 0 Å². The predicted molar refractivity (Wildman–Crippen MR) is 96.3 cm³/mol. The quantitative estimate of drug-likeness (QED) is 0.730. The van der Waals surface area contributed by atoms with Crippen molar-refractivity contribution in [1.29, 1.82) is 0 Å². The molecule has 1 unspecified atom stereocenters. The molecule has 1 aliphatic heterocycles. The van der Waals surface area contributed by atoms with Crippen molar-refractivity contribution < 1.29 is 9.53 Å². The van der Waals surface area contributed by atoms with Gasteiger partial charge >= 0.3 is 6.09 Å². The Morgan fingerprint density at radius 3 is 2.85 bits per heavy atom. The highest BCUT2D eigenvalue weighted by molar-refractivity contribution is 5.68. The van der Waals surface area contributed by atoms with Crippen LogP contribution in [0.2, 0.25) is 0 Å². The number of hydrogen-bond donors (Lipinski definition) is 0. The number of aromatic nitrogens is 3.